The quantitative estimate of drug-likeness (QED) is 0.637. The molecular formula is C9H19NO2. The number of hydrogen-bond donors (Lipinski definition) is 2. The zero-order valence-corrected chi connectivity index (χ0v) is 7.54. The van der Waals surface area contributed by atoms with Crippen molar-refractivity contribution in [1.82, 2.24) is 0 Å². The van der Waals surface area contributed by atoms with Crippen LogP contribution in [0.15, 0.2) is 0 Å². The van der Waals surface area contributed by atoms with Crippen LogP contribution in [0.1, 0.15) is 25.7 Å². The van der Waals surface area contributed by atoms with Crippen LogP contribution < -0.4 is 5.73 Å². The average Bonchev–Trinajstić information content (AvgIpc) is 2.57. The van der Waals surface area contributed by atoms with Crippen LogP contribution in [-0.4, -0.2) is 31.0 Å². The summed E-state index contributed by atoms with van der Waals surface area (Å²) >= 11 is 0. The SMILES string of the molecule is NCC(O)COCC1CCCC1. The van der Waals surface area contributed by atoms with Crippen LogP contribution in [0.2, 0.25) is 0 Å². The van der Waals surface area contributed by atoms with Gasteiger partial charge in [-0.05, 0) is 18.8 Å². The third-order valence-corrected chi connectivity index (χ3v) is 2.41. The normalized spacial score (nSPS) is 21.5. The Morgan fingerprint density at radius 1 is 1.42 bits per heavy atom. The molecule has 0 saturated heterocycles. The van der Waals surface area contributed by atoms with Crippen molar-refractivity contribution in [3.8, 4) is 0 Å². The van der Waals surface area contributed by atoms with Crippen LogP contribution in [-0.2, 0) is 4.74 Å². The lowest BCUT2D eigenvalue weighted by Gasteiger charge is -2.12. The van der Waals surface area contributed by atoms with Gasteiger partial charge in [0.2, 0.25) is 0 Å². The number of hydrogen-bond acceptors (Lipinski definition) is 3. The molecule has 1 fully saturated rings. The van der Waals surface area contributed by atoms with E-state index in [-0.39, 0.29) is 0 Å². The molecule has 0 aromatic heterocycles. The second-order valence-electron chi connectivity index (χ2n) is 3.58. The minimum Gasteiger partial charge on any atom is -0.389 e. The molecule has 0 aromatic carbocycles. The van der Waals surface area contributed by atoms with E-state index in [0.29, 0.717) is 13.2 Å². The van der Waals surface area contributed by atoms with Crippen molar-refractivity contribution >= 4 is 0 Å². The zero-order chi connectivity index (χ0) is 8.81. The monoisotopic (exact) mass is 173 g/mol. The number of nitrogens with two attached hydrogens (primary N) is 1. The Kier molecular flexibility index (Phi) is 4.58. The van der Waals surface area contributed by atoms with Gasteiger partial charge in [0.15, 0.2) is 0 Å². The average molecular weight is 173 g/mol. The molecule has 1 rings (SSSR count). The molecule has 0 aromatic rings. The summed E-state index contributed by atoms with van der Waals surface area (Å²) in [5.41, 5.74) is 5.24. The summed E-state index contributed by atoms with van der Waals surface area (Å²) in [6.45, 7) is 1.49. The van der Waals surface area contributed by atoms with Crippen LogP contribution in [0.5, 0.6) is 0 Å². The molecule has 0 bridgehead atoms. The van der Waals surface area contributed by atoms with Gasteiger partial charge in [-0.3, -0.25) is 0 Å². The van der Waals surface area contributed by atoms with Gasteiger partial charge in [-0.15, -0.1) is 0 Å². The molecule has 1 atom stereocenters. The fraction of sp³-hybridized carbons (Fsp3) is 1.00. The summed E-state index contributed by atoms with van der Waals surface area (Å²) in [5.74, 6) is 0.731. The molecule has 3 nitrogen and oxygen atoms in total. The largest absolute Gasteiger partial charge is 0.389 e. The van der Waals surface area contributed by atoms with Crippen molar-refractivity contribution in [3.05, 3.63) is 0 Å². The first-order valence-corrected chi connectivity index (χ1v) is 4.79. The van der Waals surface area contributed by atoms with Gasteiger partial charge in [0.25, 0.3) is 0 Å². The van der Waals surface area contributed by atoms with E-state index in [9.17, 15) is 0 Å². The maximum atomic E-state index is 9.08. The van der Waals surface area contributed by atoms with E-state index < -0.39 is 6.10 Å². The third kappa shape index (κ3) is 3.52. The lowest BCUT2D eigenvalue weighted by molar-refractivity contribution is 0.0260. The van der Waals surface area contributed by atoms with E-state index >= 15 is 0 Å². The first-order valence-electron chi connectivity index (χ1n) is 4.79. The molecule has 1 saturated carbocycles. The molecule has 0 radical (unpaired) electrons. The summed E-state index contributed by atoms with van der Waals surface area (Å²) in [4.78, 5) is 0. The molecule has 1 unspecified atom stereocenters. The van der Waals surface area contributed by atoms with Crippen LogP contribution in [0, 0.1) is 5.92 Å². The minimum absolute atomic E-state index is 0.296. The second-order valence-corrected chi connectivity index (χ2v) is 3.58. The predicted molar refractivity (Wildman–Crippen MR) is 47.8 cm³/mol. The highest BCUT2D eigenvalue weighted by atomic mass is 16.5. The van der Waals surface area contributed by atoms with Gasteiger partial charge in [-0.2, -0.15) is 0 Å². The summed E-state index contributed by atoms with van der Waals surface area (Å²) < 4.78 is 5.34. The molecule has 12 heavy (non-hydrogen) atoms. The van der Waals surface area contributed by atoms with Crippen molar-refractivity contribution in [2.24, 2.45) is 11.7 Å². The van der Waals surface area contributed by atoms with E-state index in [1.807, 2.05) is 0 Å². The number of rotatable bonds is 5. The number of aliphatic hydroxyl groups is 1. The fourth-order valence-corrected chi connectivity index (χ4v) is 1.62. The number of ether oxygens (including phenoxy) is 1. The van der Waals surface area contributed by atoms with Crippen molar-refractivity contribution in [3.63, 3.8) is 0 Å². The van der Waals surface area contributed by atoms with Gasteiger partial charge in [0, 0.05) is 13.2 Å². The van der Waals surface area contributed by atoms with Crippen molar-refractivity contribution in [2.45, 2.75) is 31.8 Å². The van der Waals surface area contributed by atoms with E-state index in [1.165, 1.54) is 25.7 Å². The van der Waals surface area contributed by atoms with E-state index in [2.05, 4.69) is 0 Å². The Hall–Kier alpha value is -0.120. The first-order chi connectivity index (χ1) is 5.83. The Morgan fingerprint density at radius 2 is 2.08 bits per heavy atom. The van der Waals surface area contributed by atoms with Crippen LogP contribution >= 0.6 is 0 Å². The highest BCUT2D eigenvalue weighted by Crippen LogP contribution is 2.24. The standard InChI is InChI=1S/C9H19NO2/c10-5-9(11)7-12-6-8-3-1-2-4-8/h8-9,11H,1-7,10H2. The zero-order valence-electron chi connectivity index (χ0n) is 7.54. The second kappa shape index (κ2) is 5.51. The highest BCUT2D eigenvalue weighted by Gasteiger charge is 2.15. The van der Waals surface area contributed by atoms with E-state index in [1.54, 1.807) is 0 Å². The molecule has 0 spiro atoms. The van der Waals surface area contributed by atoms with Crippen molar-refractivity contribution in [2.75, 3.05) is 19.8 Å². The molecule has 3 N–H and O–H groups in total. The fourth-order valence-electron chi connectivity index (χ4n) is 1.62. The summed E-state index contributed by atoms with van der Waals surface area (Å²) in [7, 11) is 0. The summed E-state index contributed by atoms with van der Waals surface area (Å²) in [6.07, 6.45) is 4.78. The van der Waals surface area contributed by atoms with Gasteiger partial charge in [0.05, 0.1) is 12.7 Å². The molecular weight excluding hydrogens is 154 g/mol. The Bertz CT molecular complexity index is 113. The van der Waals surface area contributed by atoms with Crippen molar-refractivity contribution in [1.29, 1.82) is 0 Å². The summed E-state index contributed by atoms with van der Waals surface area (Å²) in [6, 6.07) is 0. The molecule has 1 aliphatic rings. The maximum Gasteiger partial charge on any atom is 0.0895 e. The van der Waals surface area contributed by atoms with Gasteiger partial charge < -0.3 is 15.6 Å². The number of aliphatic hydroxyl groups excluding tert-OH is 1. The van der Waals surface area contributed by atoms with Crippen LogP contribution in [0.25, 0.3) is 0 Å². The van der Waals surface area contributed by atoms with Gasteiger partial charge in [0.1, 0.15) is 0 Å². The molecule has 72 valence electrons. The summed E-state index contributed by atoms with van der Waals surface area (Å²) in [5, 5.41) is 9.08. The lowest BCUT2D eigenvalue weighted by atomic mass is 10.1. The van der Waals surface area contributed by atoms with Gasteiger partial charge in [-0.25, -0.2) is 0 Å². The Labute approximate surface area is 73.9 Å². The highest BCUT2D eigenvalue weighted by molar-refractivity contribution is 4.66. The molecule has 0 aliphatic heterocycles. The van der Waals surface area contributed by atoms with Crippen molar-refractivity contribution < 1.29 is 9.84 Å². The first kappa shape index (κ1) is 9.96. The van der Waals surface area contributed by atoms with Gasteiger partial charge in [-0.1, -0.05) is 12.8 Å². The molecule has 0 heterocycles. The minimum atomic E-state index is -0.480. The predicted octanol–water partition coefficient (Wildman–Crippen LogP) is 0.513. The molecule has 1 aliphatic carbocycles. The lowest BCUT2D eigenvalue weighted by Crippen LogP contribution is -2.26. The van der Waals surface area contributed by atoms with Crippen LogP contribution in [0.3, 0.4) is 0 Å². The Morgan fingerprint density at radius 3 is 2.67 bits per heavy atom. The molecule has 3 heteroatoms. The van der Waals surface area contributed by atoms with Crippen LogP contribution in [0.4, 0.5) is 0 Å². The maximum absolute atomic E-state index is 9.08. The smallest absolute Gasteiger partial charge is 0.0895 e. The van der Waals surface area contributed by atoms with E-state index in [0.717, 1.165) is 12.5 Å². The molecule has 0 amide bonds. The van der Waals surface area contributed by atoms with Gasteiger partial charge >= 0.3 is 0 Å². The topological polar surface area (TPSA) is 55.5 Å². The third-order valence-electron chi connectivity index (χ3n) is 2.41. The Balaban J connectivity index is 1.94. The van der Waals surface area contributed by atoms with E-state index in [4.69, 9.17) is 15.6 Å².